The molecule has 0 radical (unpaired) electrons. The van der Waals surface area contributed by atoms with E-state index in [0.29, 0.717) is 43.8 Å². The molecule has 0 unspecified atom stereocenters. The van der Waals surface area contributed by atoms with Crippen LogP contribution in [-0.4, -0.2) is 216 Å². The molecule has 0 saturated carbocycles. The number of unbranched alkanes of at least 4 members (excludes halogenated alkanes) is 1. The monoisotopic (exact) mass is 1320 g/mol. The number of rotatable bonds is 43. The second-order valence-corrected chi connectivity index (χ2v) is 46.4. The van der Waals surface area contributed by atoms with Gasteiger partial charge in [0.2, 0.25) is 0 Å². The third-order valence-corrected chi connectivity index (χ3v) is 44.2. The van der Waals surface area contributed by atoms with Crippen LogP contribution >= 0.6 is 0 Å². The van der Waals surface area contributed by atoms with Crippen LogP contribution in [0.5, 0.6) is 0 Å². The van der Waals surface area contributed by atoms with E-state index in [4.69, 9.17) is 104 Å². The molecule has 0 aliphatic heterocycles. The van der Waals surface area contributed by atoms with E-state index in [-0.39, 0.29) is 21.1 Å². The normalized spacial score (nSPS) is 14.2. The Morgan fingerprint density at radius 3 is 0.582 bits per heavy atom. The first-order valence-corrected chi connectivity index (χ1v) is 41.3. The quantitative estimate of drug-likeness (QED) is 0.0479. The van der Waals surface area contributed by atoms with Crippen molar-refractivity contribution in [1.82, 2.24) is 0 Å². The fourth-order valence-electron chi connectivity index (χ4n) is 7.03. The fraction of sp³-hybridized carbons (Fsp3) is 0.969. The topological polar surface area (TPSA) is 222 Å². The van der Waals surface area contributed by atoms with Gasteiger partial charge in [-0.3, -0.25) is 0 Å². The summed E-state index contributed by atoms with van der Waals surface area (Å²) in [6, 6.07) is 5.51. The molecule has 0 fully saturated rings. The van der Waals surface area contributed by atoms with Crippen molar-refractivity contribution < 1.29 is 125 Å². The van der Waals surface area contributed by atoms with Crippen molar-refractivity contribution in [2.75, 3.05) is 128 Å². The first-order valence-electron chi connectivity index (χ1n) is 20.9. The molecule has 0 saturated heterocycles. The van der Waals surface area contributed by atoms with Crippen LogP contribution in [0.2, 0.25) is 56.4 Å². The van der Waals surface area contributed by atoms with Crippen LogP contribution in [0.3, 0.4) is 0 Å². The van der Waals surface area contributed by atoms with E-state index in [1.54, 1.807) is 0 Å². The second-order valence-electron chi connectivity index (χ2n) is 15.1. The fourth-order valence-corrected chi connectivity index (χ4v) is 39.5. The molecule has 67 heavy (non-hydrogen) atoms. The average molecular weight is 1320 g/mol. The van der Waals surface area contributed by atoms with Gasteiger partial charge in [-0.1, -0.05) is 46.0 Å². The van der Waals surface area contributed by atoms with E-state index in [0.717, 1.165) is 12.1 Å². The van der Waals surface area contributed by atoms with E-state index in [1.807, 2.05) is 19.6 Å². The van der Waals surface area contributed by atoms with Gasteiger partial charge in [-0.05, 0) is 37.8 Å². The van der Waals surface area contributed by atoms with Gasteiger partial charge in [0.15, 0.2) is 0 Å². The van der Waals surface area contributed by atoms with E-state index in [2.05, 4.69) is 12.6 Å². The van der Waals surface area contributed by atoms with Gasteiger partial charge in [0, 0.05) is 149 Å². The molecule has 0 atom stereocenters. The molecule has 0 aliphatic rings. The van der Waals surface area contributed by atoms with Crippen molar-refractivity contribution in [1.29, 1.82) is 0 Å². The van der Waals surface area contributed by atoms with Gasteiger partial charge in [-0.25, -0.2) is 0 Å². The van der Waals surface area contributed by atoms with Crippen LogP contribution in [0, 0.1) is 6.04 Å². The van der Waals surface area contributed by atoms with Gasteiger partial charge >= 0.3 is 80.0 Å². The molecule has 404 valence electrons. The van der Waals surface area contributed by atoms with Crippen LogP contribution in [0.25, 0.3) is 0 Å². The predicted molar refractivity (Wildman–Crippen MR) is 260 cm³/mol. The third-order valence-electron chi connectivity index (χ3n) is 10.8. The van der Waals surface area contributed by atoms with Gasteiger partial charge < -0.3 is 110 Å². The molecule has 0 heterocycles. The zero-order chi connectivity index (χ0) is 51.0. The molecular weight excluding hydrogens is 1230 g/mol. The van der Waals surface area contributed by atoms with E-state index >= 15 is 0 Å². The SMILES string of the molecule is CO[Si](OC)(OC)O[Si](C)(CCC[CH-][Si](C)(CCC[Si](C)(O[Si](OC)(OC)OC)O[Si](OC)(OC)OC)CCC[Si](C)(O[Si](OC)(OC)OC)O[Si](OC)(OC)OC)O[Si](OC)(OC)OC.[W]. The average Bonchev–Trinajstić information content (AvgIpc) is 3.34. The van der Waals surface area contributed by atoms with Gasteiger partial charge in [-0.15, -0.1) is 0 Å². The van der Waals surface area contributed by atoms with Crippen molar-refractivity contribution in [3.8, 4) is 0 Å². The van der Waals surface area contributed by atoms with Crippen LogP contribution in [0.15, 0.2) is 0 Å². The van der Waals surface area contributed by atoms with E-state index in [9.17, 15) is 0 Å². The maximum Gasteiger partial charge on any atom is 0.669 e. The van der Waals surface area contributed by atoms with Crippen LogP contribution in [0.4, 0.5) is 0 Å². The first-order chi connectivity index (χ1) is 31.0. The summed E-state index contributed by atoms with van der Waals surface area (Å²) in [5, 5.41) is 0. The summed E-state index contributed by atoms with van der Waals surface area (Å²) in [7, 11) is -7.63. The summed E-state index contributed by atoms with van der Waals surface area (Å²) in [4.78, 5) is 0. The van der Waals surface area contributed by atoms with Crippen LogP contribution in [-0.2, 0) is 125 Å². The van der Waals surface area contributed by atoms with Gasteiger partial charge in [-0.2, -0.15) is 6.42 Å². The second kappa shape index (κ2) is 33.0. The summed E-state index contributed by atoms with van der Waals surface area (Å²) < 4.78 is 142. The molecule has 0 aromatic carbocycles. The minimum absolute atomic E-state index is 0. The number of hydrogen-bond acceptors (Lipinski definition) is 24. The van der Waals surface area contributed by atoms with Crippen LogP contribution in [0.1, 0.15) is 25.7 Å². The van der Waals surface area contributed by atoms with Crippen molar-refractivity contribution in [2.24, 2.45) is 0 Å². The van der Waals surface area contributed by atoms with Crippen molar-refractivity contribution in [3.05, 3.63) is 6.04 Å². The Kier molecular flexibility index (Phi) is 35.0. The molecule has 0 aromatic heterocycles. The van der Waals surface area contributed by atoms with E-state index < -0.39 is 88.0 Å². The molecular formula is C32H85O24Si10W-. The molecule has 24 nitrogen and oxygen atoms in total. The zero-order valence-electron chi connectivity index (χ0n) is 44.1. The standard InChI is InChI=1S/C32H85O24Si10.W/c1-33-61(34-2,35-3)51-58(20,52-62(36-4,37-5)38-6)30-24-23-27-57(19,28-25-31-59(21,53-63(39-7,40-8)41-9)54-64(42-10,43-11)44-12)29-26-32-60(22,55-65(45-13,46-14)47-15)56-66(48-16,49-17)50-18;/h27H,23-26,28-32H2,1-22H3;/q-1;. The van der Waals surface area contributed by atoms with Gasteiger partial charge in [0.25, 0.3) is 0 Å². The van der Waals surface area contributed by atoms with Crippen molar-refractivity contribution in [2.45, 2.75) is 82.1 Å². The predicted octanol–water partition coefficient (Wildman–Crippen LogP) is 3.93. The Bertz CT molecular complexity index is 1120. The molecule has 0 spiro atoms. The van der Waals surface area contributed by atoms with Crippen molar-refractivity contribution in [3.63, 3.8) is 0 Å². The Morgan fingerprint density at radius 1 is 0.254 bits per heavy atom. The largest absolute Gasteiger partial charge is 0.669 e. The molecule has 0 N–H and O–H groups in total. The summed E-state index contributed by atoms with van der Waals surface area (Å²) in [5.74, 6) is 0. The molecule has 0 bridgehead atoms. The number of hydrogen-bond donors (Lipinski definition) is 0. The smallest absolute Gasteiger partial charge is 0.370 e. The molecule has 0 rings (SSSR count). The summed E-state index contributed by atoms with van der Waals surface area (Å²) in [6.45, 7) is 8.01. The first kappa shape index (κ1) is 71.0. The summed E-state index contributed by atoms with van der Waals surface area (Å²) in [5.41, 5.74) is 0. The van der Waals surface area contributed by atoms with Gasteiger partial charge in [0.05, 0.1) is 0 Å². The Morgan fingerprint density at radius 2 is 0.418 bits per heavy atom. The molecule has 0 aromatic rings. The summed E-state index contributed by atoms with van der Waals surface area (Å²) >= 11 is 0. The Labute approximate surface area is 427 Å². The molecule has 0 aliphatic carbocycles. The van der Waals surface area contributed by atoms with Crippen molar-refractivity contribution >= 4 is 88.0 Å². The molecule has 0 amide bonds. The van der Waals surface area contributed by atoms with Gasteiger partial charge in [0.1, 0.15) is 0 Å². The Balaban J connectivity index is 0. The van der Waals surface area contributed by atoms with Crippen LogP contribution < -0.4 is 0 Å². The molecule has 35 heteroatoms. The minimum Gasteiger partial charge on any atom is -0.370 e. The third kappa shape index (κ3) is 21.6. The maximum atomic E-state index is 6.62. The maximum absolute atomic E-state index is 6.62. The van der Waals surface area contributed by atoms with E-state index in [1.165, 1.54) is 128 Å². The minimum atomic E-state index is -3.63. The summed E-state index contributed by atoms with van der Waals surface area (Å²) in [6.07, 6.45) is 2.72. The zero-order valence-corrected chi connectivity index (χ0v) is 57.1. The Hall–Kier alpha value is 1.90.